The maximum atomic E-state index is 12.9. The fourth-order valence-corrected chi connectivity index (χ4v) is 4.01. The molecule has 3 heterocycles. The first-order chi connectivity index (χ1) is 14.2. The fraction of sp³-hybridized carbons (Fsp3) is 0.455. The van der Waals surface area contributed by atoms with Crippen LogP contribution in [0.3, 0.4) is 0 Å². The van der Waals surface area contributed by atoms with Crippen LogP contribution in [0.15, 0.2) is 42.7 Å². The molecule has 0 aliphatic carbocycles. The molecule has 0 saturated carbocycles. The third-order valence-corrected chi connectivity index (χ3v) is 5.83. The Labute approximate surface area is 172 Å². The standard InChI is InChI=1S/C22H29N5O2/c1-24-7-9-27(10-8-24)22(28)18-15-19(17-23-16-18)25-11-13-26(14-12-25)20-5-3-4-6-21(20)29-2/h3-6,15-17H,7-14H2,1-2H3. The van der Waals surface area contributed by atoms with Crippen molar-refractivity contribution in [3.63, 3.8) is 0 Å². The predicted molar refractivity (Wildman–Crippen MR) is 115 cm³/mol. The lowest BCUT2D eigenvalue weighted by Crippen LogP contribution is -2.47. The van der Waals surface area contributed by atoms with Crippen LogP contribution >= 0.6 is 0 Å². The van der Waals surface area contributed by atoms with Crippen LogP contribution in [-0.4, -0.2) is 87.2 Å². The number of piperazine rings is 2. The third kappa shape index (κ3) is 4.29. The highest BCUT2D eigenvalue weighted by molar-refractivity contribution is 5.94. The lowest BCUT2D eigenvalue weighted by Gasteiger charge is -2.38. The van der Waals surface area contributed by atoms with Gasteiger partial charge in [0.2, 0.25) is 0 Å². The molecule has 4 rings (SSSR count). The number of carbonyl (C=O) groups is 1. The largest absolute Gasteiger partial charge is 0.495 e. The Morgan fingerprint density at radius 3 is 2.34 bits per heavy atom. The summed E-state index contributed by atoms with van der Waals surface area (Å²) < 4.78 is 5.51. The number of hydrogen-bond acceptors (Lipinski definition) is 6. The Bertz CT molecular complexity index is 843. The van der Waals surface area contributed by atoms with E-state index >= 15 is 0 Å². The molecule has 0 N–H and O–H groups in total. The number of likely N-dealkylation sites (N-methyl/N-ethyl adjacent to an activating group) is 1. The first kappa shape index (κ1) is 19.5. The molecular formula is C22H29N5O2. The van der Waals surface area contributed by atoms with Crippen molar-refractivity contribution in [2.24, 2.45) is 0 Å². The molecule has 0 atom stereocenters. The SMILES string of the molecule is COc1ccccc1N1CCN(c2cncc(C(=O)N3CCN(C)CC3)c2)CC1. The molecule has 2 saturated heterocycles. The number of ether oxygens (including phenoxy) is 1. The number of carbonyl (C=O) groups excluding carboxylic acids is 1. The molecule has 0 unspecified atom stereocenters. The highest BCUT2D eigenvalue weighted by Gasteiger charge is 2.23. The lowest BCUT2D eigenvalue weighted by molar-refractivity contribution is 0.0663. The number of hydrogen-bond donors (Lipinski definition) is 0. The Balaban J connectivity index is 1.41. The molecule has 1 aromatic heterocycles. The molecule has 0 radical (unpaired) electrons. The number of pyridine rings is 1. The number of benzene rings is 1. The topological polar surface area (TPSA) is 52.2 Å². The first-order valence-corrected chi connectivity index (χ1v) is 10.2. The van der Waals surface area contributed by atoms with Gasteiger partial charge in [-0.05, 0) is 25.2 Å². The fourth-order valence-electron chi connectivity index (χ4n) is 4.01. The monoisotopic (exact) mass is 395 g/mol. The van der Waals surface area contributed by atoms with Gasteiger partial charge in [-0.3, -0.25) is 9.78 Å². The Morgan fingerprint density at radius 2 is 1.62 bits per heavy atom. The van der Waals surface area contributed by atoms with Crippen molar-refractivity contribution in [1.82, 2.24) is 14.8 Å². The Morgan fingerprint density at radius 1 is 0.931 bits per heavy atom. The summed E-state index contributed by atoms with van der Waals surface area (Å²) in [6, 6.07) is 10.1. The van der Waals surface area contributed by atoms with Crippen molar-refractivity contribution in [3.05, 3.63) is 48.3 Å². The van der Waals surface area contributed by atoms with Gasteiger partial charge in [0, 0.05) is 58.6 Å². The molecule has 1 amide bonds. The number of anilines is 2. The van der Waals surface area contributed by atoms with Crippen LogP contribution < -0.4 is 14.5 Å². The van der Waals surface area contributed by atoms with Gasteiger partial charge < -0.3 is 24.3 Å². The molecule has 0 spiro atoms. The van der Waals surface area contributed by atoms with Crippen LogP contribution in [0.25, 0.3) is 0 Å². The van der Waals surface area contributed by atoms with Crippen molar-refractivity contribution < 1.29 is 9.53 Å². The maximum Gasteiger partial charge on any atom is 0.255 e. The second-order valence-corrected chi connectivity index (χ2v) is 7.67. The van der Waals surface area contributed by atoms with Crippen LogP contribution in [-0.2, 0) is 0 Å². The van der Waals surface area contributed by atoms with Gasteiger partial charge in [-0.25, -0.2) is 0 Å². The molecule has 0 bridgehead atoms. The van der Waals surface area contributed by atoms with E-state index in [9.17, 15) is 4.79 Å². The molecule has 2 aliphatic rings. The first-order valence-electron chi connectivity index (χ1n) is 10.2. The van der Waals surface area contributed by atoms with E-state index < -0.39 is 0 Å². The molecule has 2 fully saturated rings. The van der Waals surface area contributed by atoms with Crippen LogP contribution in [0.1, 0.15) is 10.4 Å². The zero-order chi connectivity index (χ0) is 20.2. The summed E-state index contributed by atoms with van der Waals surface area (Å²) in [4.78, 5) is 26.1. The average Bonchev–Trinajstić information content (AvgIpc) is 2.79. The minimum absolute atomic E-state index is 0.0834. The van der Waals surface area contributed by atoms with Crippen LogP contribution in [0.4, 0.5) is 11.4 Å². The molecule has 1 aromatic carbocycles. The molecule has 7 heteroatoms. The average molecular weight is 396 g/mol. The minimum atomic E-state index is 0.0834. The number of amides is 1. The Kier molecular flexibility index (Phi) is 5.85. The van der Waals surface area contributed by atoms with Crippen molar-refractivity contribution in [3.8, 4) is 5.75 Å². The van der Waals surface area contributed by atoms with Crippen LogP contribution in [0.5, 0.6) is 5.75 Å². The molecule has 154 valence electrons. The van der Waals surface area contributed by atoms with E-state index in [0.29, 0.717) is 5.56 Å². The van der Waals surface area contributed by atoms with E-state index in [1.165, 1.54) is 0 Å². The predicted octanol–water partition coefficient (Wildman–Crippen LogP) is 1.80. The highest BCUT2D eigenvalue weighted by Crippen LogP contribution is 2.29. The van der Waals surface area contributed by atoms with E-state index in [1.807, 2.05) is 35.4 Å². The normalized spacial score (nSPS) is 18.1. The van der Waals surface area contributed by atoms with Crippen molar-refractivity contribution in [1.29, 1.82) is 0 Å². The minimum Gasteiger partial charge on any atom is -0.495 e. The van der Waals surface area contributed by atoms with E-state index in [-0.39, 0.29) is 5.91 Å². The third-order valence-electron chi connectivity index (χ3n) is 5.83. The summed E-state index contributed by atoms with van der Waals surface area (Å²) in [6.45, 7) is 6.95. The summed E-state index contributed by atoms with van der Waals surface area (Å²) in [5.41, 5.74) is 2.83. The quantitative estimate of drug-likeness (QED) is 0.787. The van der Waals surface area contributed by atoms with Crippen LogP contribution in [0.2, 0.25) is 0 Å². The molecular weight excluding hydrogens is 366 g/mol. The smallest absolute Gasteiger partial charge is 0.255 e. The molecule has 29 heavy (non-hydrogen) atoms. The van der Waals surface area contributed by atoms with Gasteiger partial charge >= 0.3 is 0 Å². The molecule has 2 aromatic rings. The van der Waals surface area contributed by atoms with E-state index in [4.69, 9.17) is 4.74 Å². The number of rotatable bonds is 4. The van der Waals surface area contributed by atoms with Gasteiger partial charge in [-0.2, -0.15) is 0 Å². The highest BCUT2D eigenvalue weighted by atomic mass is 16.5. The van der Waals surface area contributed by atoms with Gasteiger partial charge in [-0.15, -0.1) is 0 Å². The molecule has 2 aliphatic heterocycles. The Hall–Kier alpha value is -2.80. The lowest BCUT2D eigenvalue weighted by atomic mass is 10.2. The zero-order valence-corrected chi connectivity index (χ0v) is 17.3. The van der Waals surface area contributed by atoms with E-state index in [1.54, 1.807) is 13.3 Å². The maximum absolute atomic E-state index is 12.9. The number of aromatic nitrogens is 1. The second-order valence-electron chi connectivity index (χ2n) is 7.67. The number of methoxy groups -OCH3 is 1. The molecule has 7 nitrogen and oxygen atoms in total. The van der Waals surface area contributed by atoms with E-state index in [2.05, 4.69) is 32.8 Å². The summed E-state index contributed by atoms with van der Waals surface area (Å²) in [5.74, 6) is 0.988. The van der Waals surface area contributed by atoms with Crippen LogP contribution in [0, 0.1) is 0 Å². The second kappa shape index (κ2) is 8.69. The summed E-state index contributed by atoms with van der Waals surface area (Å²) >= 11 is 0. The van der Waals surface area contributed by atoms with E-state index in [0.717, 1.165) is 69.5 Å². The van der Waals surface area contributed by atoms with Gasteiger partial charge in [0.1, 0.15) is 5.75 Å². The number of nitrogens with zero attached hydrogens (tertiary/aromatic N) is 5. The summed E-state index contributed by atoms with van der Waals surface area (Å²) in [6.07, 6.45) is 3.55. The summed E-state index contributed by atoms with van der Waals surface area (Å²) in [7, 11) is 3.80. The van der Waals surface area contributed by atoms with Gasteiger partial charge in [-0.1, -0.05) is 12.1 Å². The number of para-hydroxylation sites is 2. The van der Waals surface area contributed by atoms with Gasteiger partial charge in [0.05, 0.1) is 30.2 Å². The van der Waals surface area contributed by atoms with Crippen molar-refractivity contribution in [2.45, 2.75) is 0 Å². The zero-order valence-electron chi connectivity index (χ0n) is 17.3. The van der Waals surface area contributed by atoms with Crippen molar-refractivity contribution >= 4 is 17.3 Å². The van der Waals surface area contributed by atoms with Gasteiger partial charge in [0.15, 0.2) is 0 Å². The van der Waals surface area contributed by atoms with Crippen molar-refractivity contribution in [2.75, 3.05) is 76.3 Å². The van der Waals surface area contributed by atoms with Gasteiger partial charge in [0.25, 0.3) is 5.91 Å². The summed E-state index contributed by atoms with van der Waals surface area (Å²) in [5, 5.41) is 0.